The Morgan fingerprint density at radius 3 is 1.78 bits per heavy atom. The van der Waals surface area contributed by atoms with E-state index in [4.69, 9.17) is 14.9 Å². The molecule has 0 saturated heterocycles. The van der Waals surface area contributed by atoms with Crippen LogP contribution in [-0.4, -0.2) is 35.6 Å². The molecule has 0 radical (unpaired) electrons. The lowest BCUT2D eigenvalue weighted by Gasteiger charge is -2.08. The maximum absolute atomic E-state index is 8.52. The van der Waals surface area contributed by atoms with Crippen LogP contribution in [0.2, 0.25) is 0 Å². The molecule has 0 bridgehead atoms. The highest BCUT2D eigenvalue weighted by Crippen LogP contribution is 2.09. The minimum Gasteiger partial charge on any atom is -0.393 e. The Labute approximate surface area is 53.6 Å². The van der Waals surface area contributed by atoms with Crippen molar-refractivity contribution < 1.29 is 14.9 Å². The zero-order valence-corrected chi connectivity index (χ0v) is 5.03. The second-order valence-corrected chi connectivity index (χ2v) is 1.96. The van der Waals surface area contributed by atoms with Crippen LogP contribution in [0.3, 0.4) is 0 Å². The van der Waals surface area contributed by atoms with Gasteiger partial charge in [-0.3, -0.25) is 0 Å². The van der Waals surface area contributed by atoms with Crippen LogP contribution in [0.25, 0.3) is 0 Å². The first-order chi connectivity index (χ1) is 4.36. The number of rotatable bonds is 2. The molecule has 0 aromatic heterocycles. The average molecular weight is 130 g/mol. The van der Waals surface area contributed by atoms with E-state index in [-0.39, 0.29) is 25.4 Å². The predicted molar refractivity (Wildman–Crippen MR) is 32.0 cm³/mol. The largest absolute Gasteiger partial charge is 0.393 e. The van der Waals surface area contributed by atoms with E-state index >= 15 is 0 Å². The van der Waals surface area contributed by atoms with Crippen molar-refractivity contribution in [3.63, 3.8) is 0 Å². The van der Waals surface area contributed by atoms with E-state index in [1.165, 1.54) is 0 Å². The lowest BCUT2D eigenvalue weighted by atomic mass is 10.3. The lowest BCUT2D eigenvalue weighted by Crippen LogP contribution is -2.18. The van der Waals surface area contributed by atoms with Gasteiger partial charge in [-0.15, -0.1) is 0 Å². The first-order valence-corrected chi connectivity index (χ1v) is 2.92. The lowest BCUT2D eigenvalue weighted by molar-refractivity contribution is 0.000954. The molecule has 52 valence electrons. The highest BCUT2D eigenvalue weighted by molar-refractivity contribution is 5.01. The van der Waals surface area contributed by atoms with Gasteiger partial charge in [-0.1, -0.05) is 12.2 Å². The molecule has 1 aliphatic rings. The van der Waals surface area contributed by atoms with Gasteiger partial charge in [0.2, 0.25) is 0 Å². The molecule has 0 amide bonds. The van der Waals surface area contributed by atoms with Crippen LogP contribution in [0.4, 0.5) is 0 Å². The standard InChI is InChI=1S/C6H10O3/c7-3-5-1-2-6(4-8)9-5/h1-2,5-8H,3-4H2/t5-,6+. The quantitative estimate of drug-likeness (QED) is 0.486. The number of hydrogen-bond donors (Lipinski definition) is 2. The van der Waals surface area contributed by atoms with Gasteiger partial charge in [0.05, 0.1) is 25.4 Å². The van der Waals surface area contributed by atoms with Crippen LogP contribution in [0.15, 0.2) is 12.2 Å². The van der Waals surface area contributed by atoms with Crippen molar-refractivity contribution in [1.82, 2.24) is 0 Å². The minimum absolute atomic E-state index is 0.00694. The van der Waals surface area contributed by atoms with E-state index in [2.05, 4.69) is 0 Å². The number of aliphatic hydroxyl groups is 2. The first kappa shape index (κ1) is 6.74. The molecule has 0 aromatic rings. The van der Waals surface area contributed by atoms with Crippen molar-refractivity contribution in [3.05, 3.63) is 12.2 Å². The van der Waals surface area contributed by atoms with Crippen LogP contribution < -0.4 is 0 Å². The Bertz CT molecular complexity index is 98.9. The summed E-state index contributed by atoms with van der Waals surface area (Å²) in [6, 6.07) is 0. The zero-order chi connectivity index (χ0) is 6.69. The Balaban J connectivity index is 2.31. The van der Waals surface area contributed by atoms with Crippen molar-refractivity contribution in [2.75, 3.05) is 13.2 Å². The summed E-state index contributed by atoms with van der Waals surface area (Å²) in [5.74, 6) is 0. The van der Waals surface area contributed by atoms with Gasteiger partial charge < -0.3 is 14.9 Å². The van der Waals surface area contributed by atoms with Gasteiger partial charge in [-0.2, -0.15) is 0 Å². The second-order valence-electron chi connectivity index (χ2n) is 1.96. The molecular weight excluding hydrogens is 120 g/mol. The summed E-state index contributed by atoms with van der Waals surface area (Å²) in [5, 5.41) is 17.0. The van der Waals surface area contributed by atoms with E-state index < -0.39 is 0 Å². The Morgan fingerprint density at radius 1 is 1.11 bits per heavy atom. The molecule has 1 heterocycles. The molecule has 2 N–H and O–H groups in total. The monoisotopic (exact) mass is 130 g/mol. The number of ether oxygens (including phenoxy) is 1. The van der Waals surface area contributed by atoms with Crippen molar-refractivity contribution in [2.45, 2.75) is 12.2 Å². The van der Waals surface area contributed by atoms with Crippen LogP contribution in [0.1, 0.15) is 0 Å². The second kappa shape index (κ2) is 2.96. The van der Waals surface area contributed by atoms with Gasteiger partial charge >= 0.3 is 0 Å². The molecule has 2 atom stereocenters. The molecule has 0 aromatic carbocycles. The third kappa shape index (κ3) is 1.51. The molecule has 0 spiro atoms. The molecule has 0 unspecified atom stereocenters. The molecule has 1 rings (SSSR count). The third-order valence-corrected chi connectivity index (χ3v) is 1.25. The molecular formula is C6H10O3. The van der Waals surface area contributed by atoms with Gasteiger partial charge in [0.1, 0.15) is 0 Å². The van der Waals surface area contributed by atoms with Crippen LogP contribution in [-0.2, 0) is 4.74 Å². The summed E-state index contributed by atoms with van der Waals surface area (Å²) in [7, 11) is 0. The van der Waals surface area contributed by atoms with Gasteiger partial charge in [-0.05, 0) is 0 Å². The van der Waals surface area contributed by atoms with E-state index in [0.717, 1.165) is 0 Å². The fraction of sp³-hybridized carbons (Fsp3) is 0.667. The molecule has 0 fully saturated rings. The fourth-order valence-corrected chi connectivity index (χ4v) is 0.771. The smallest absolute Gasteiger partial charge is 0.0996 e. The van der Waals surface area contributed by atoms with Crippen molar-refractivity contribution in [3.8, 4) is 0 Å². The molecule has 0 saturated carbocycles. The van der Waals surface area contributed by atoms with E-state index in [1.807, 2.05) is 0 Å². The Kier molecular flexibility index (Phi) is 2.22. The van der Waals surface area contributed by atoms with Gasteiger partial charge in [0, 0.05) is 0 Å². The molecule has 9 heavy (non-hydrogen) atoms. The summed E-state index contributed by atoms with van der Waals surface area (Å²) in [4.78, 5) is 0. The van der Waals surface area contributed by atoms with E-state index in [0.29, 0.717) is 0 Å². The fourth-order valence-electron chi connectivity index (χ4n) is 0.771. The summed E-state index contributed by atoms with van der Waals surface area (Å²) >= 11 is 0. The molecule has 3 heteroatoms. The highest BCUT2D eigenvalue weighted by atomic mass is 16.5. The topological polar surface area (TPSA) is 49.7 Å². The maximum Gasteiger partial charge on any atom is 0.0996 e. The normalized spacial score (nSPS) is 33.6. The minimum atomic E-state index is -0.206. The van der Waals surface area contributed by atoms with Crippen molar-refractivity contribution in [2.24, 2.45) is 0 Å². The Hall–Kier alpha value is -0.380. The summed E-state index contributed by atoms with van der Waals surface area (Å²) in [5.41, 5.74) is 0. The van der Waals surface area contributed by atoms with Crippen LogP contribution >= 0.6 is 0 Å². The summed E-state index contributed by atoms with van der Waals surface area (Å²) < 4.78 is 5.05. The number of hydrogen-bond acceptors (Lipinski definition) is 3. The van der Waals surface area contributed by atoms with Crippen LogP contribution in [0, 0.1) is 0 Å². The summed E-state index contributed by atoms with van der Waals surface area (Å²) in [6.45, 7) is -0.0139. The van der Waals surface area contributed by atoms with Crippen molar-refractivity contribution in [1.29, 1.82) is 0 Å². The average Bonchev–Trinajstić information content (AvgIpc) is 2.34. The molecule has 3 nitrogen and oxygen atoms in total. The number of aliphatic hydroxyl groups excluding tert-OH is 2. The summed E-state index contributed by atoms with van der Waals surface area (Å²) in [6.07, 6.45) is 3.09. The molecule has 1 aliphatic heterocycles. The van der Waals surface area contributed by atoms with Crippen LogP contribution in [0.5, 0.6) is 0 Å². The SMILES string of the molecule is OC[C@H]1C=C[C@@H](CO)O1. The van der Waals surface area contributed by atoms with Gasteiger partial charge in [0.15, 0.2) is 0 Å². The third-order valence-electron chi connectivity index (χ3n) is 1.25. The first-order valence-electron chi connectivity index (χ1n) is 2.92. The zero-order valence-electron chi connectivity index (χ0n) is 5.03. The molecule has 0 aliphatic carbocycles. The van der Waals surface area contributed by atoms with E-state index in [9.17, 15) is 0 Å². The predicted octanol–water partition coefficient (Wildman–Crippen LogP) is -0.705. The van der Waals surface area contributed by atoms with Crippen molar-refractivity contribution >= 4 is 0 Å². The van der Waals surface area contributed by atoms with Gasteiger partial charge in [-0.25, -0.2) is 0 Å². The Morgan fingerprint density at radius 2 is 1.56 bits per heavy atom. The maximum atomic E-state index is 8.52. The van der Waals surface area contributed by atoms with E-state index in [1.54, 1.807) is 12.2 Å². The highest BCUT2D eigenvalue weighted by Gasteiger charge is 2.16. The van der Waals surface area contributed by atoms with Gasteiger partial charge in [0.25, 0.3) is 0 Å².